The number of rotatable bonds is 13. The number of carbonyl (C=O) groups is 2. The zero-order valence-corrected chi connectivity index (χ0v) is 18.1. The number of amides is 2. The second-order valence-corrected chi connectivity index (χ2v) is 7.04. The van der Waals surface area contributed by atoms with Crippen LogP contribution in [0.2, 0.25) is 0 Å². The lowest BCUT2D eigenvalue weighted by molar-refractivity contribution is -0.132. The number of nitrogens with zero attached hydrogens (tertiary/aromatic N) is 2. The second-order valence-electron chi connectivity index (χ2n) is 6.61. The van der Waals surface area contributed by atoms with Crippen molar-refractivity contribution in [3.8, 4) is 0 Å². The van der Waals surface area contributed by atoms with Gasteiger partial charge in [-0.15, -0.1) is 11.6 Å². The van der Waals surface area contributed by atoms with E-state index in [1.54, 1.807) is 31.3 Å². The zero-order valence-electron chi connectivity index (χ0n) is 17.3. The molecule has 2 amide bonds. The Bertz CT molecular complexity index is 784. The highest BCUT2D eigenvalue weighted by molar-refractivity contribution is 6.30. The van der Waals surface area contributed by atoms with Crippen LogP contribution in [0.3, 0.4) is 0 Å². The van der Waals surface area contributed by atoms with Crippen LogP contribution in [0.25, 0.3) is 0 Å². The van der Waals surface area contributed by atoms with Crippen molar-refractivity contribution in [3.05, 3.63) is 53.7 Å². The van der Waals surface area contributed by atoms with Crippen molar-refractivity contribution in [1.29, 1.82) is 0 Å². The Morgan fingerprint density at radius 1 is 1.17 bits per heavy atom. The van der Waals surface area contributed by atoms with Crippen LogP contribution in [-0.2, 0) is 20.8 Å². The van der Waals surface area contributed by atoms with Crippen molar-refractivity contribution < 1.29 is 23.5 Å². The zero-order chi connectivity index (χ0) is 21.8. The van der Waals surface area contributed by atoms with Gasteiger partial charge < -0.3 is 24.1 Å². The van der Waals surface area contributed by atoms with Crippen LogP contribution < -0.4 is 5.32 Å². The highest BCUT2D eigenvalue weighted by Crippen LogP contribution is 2.24. The molecule has 1 N–H and O–H groups in total. The third kappa shape index (κ3) is 7.44. The van der Waals surface area contributed by atoms with Gasteiger partial charge in [-0.1, -0.05) is 30.3 Å². The summed E-state index contributed by atoms with van der Waals surface area (Å²) in [5, 5.41) is 1.92. The van der Waals surface area contributed by atoms with Crippen molar-refractivity contribution in [3.63, 3.8) is 0 Å². The fraction of sp³-hybridized carbons (Fsp3) is 0.476. The van der Waals surface area contributed by atoms with E-state index in [9.17, 15) is 9.59 Å². The number of benzene rings is 1. The highest BCUT2D eigenvalue weighted by atomic mass is 35.5. The summed E-state index contributed by atoms with van der Waals surface area (Å²) in [4.78, 5) is 30.9. The summed E-state index contributed by atoms with van der Waals surface area (Å²) in [7, 11) is 3.21. The molecule has 164 valence electrons. The number of aromatic nitrogens is 1. The smallest absolute Gasteiger partial charge is 0.273 e. The Morgan fingerprint density at radius 2 is 1.87 bits per heavy atom. The number of carbonyl (C=O) groups excluding carboxylic acids is 2. The van der Waals surface area contributed by atoms with E-state index in [1.165, 1.54) is 6.26 Å². The van der Waals surface area contributed by atoms with E-state index >= 15 is 0 Å². The Labute approximate surface area is 181 Å². The summed E-state index contributed by atoms with van der Waals surface area (Å²) < 4.78 is 15.5. The fourth-order valence-electron chi connectivity index (χ4n) is 2.75. The van der Waals surface area contributed by atoms with Crippen molar-refractivity contribution >= 4 is 23.4 Å². The number of ether oxygens (including phenoxy) is 2. The molecule has 0 radical (unpaired) electrons. The molecule has 9 heteroatoms. The number of alkyl halides is 1. The Morgan fingerprint density at radius 3 is 2.57 bits per heavy atom. The Hall–Kier alpha value is -2.42. The van der Waals surface area contributed by atoms with E-state index in [0.29, 0.717) is 44.7 Å². The summed E-state index contributed by atoms with van der Waals surface area (Å²) >= 11 is 6.42. The van der Waals surface area contributed by atoms with E-state index < -0.39 is 5.38 Å². The van der Waals surface area contributed by atoms with Gasteiger partial charge in [-0.25, -0.2) is 4.98 Å². The van der Waals surface area contributed by atoms with Crippen molar-refractivity contribution in [2.45, 2.75) is 24.8 Å². The molecule has 1 unspecified atom stereocenters. The average molecular weight is 438 g/mol. The van der Waals surface area contributed by atoms with Gasteiger partial charge in [0.1, 0.15) is 11.6 Å². The topological polar surface area (TPSA) is 93.9 Å². The molecule has 8 nitrogen and oxygen atoms in total. The van der Waals surface area contributed by atoms with Gasteiger partial charge in [0.05, 0.1) is 6.54 Å². The van der Waals surface area contributed by atoms with Crippen LogP contribution in [0.15, 0.2) is 41.0 Å². The molecule has 0 spiro atoms. The molecule has 0 aliphatic heterocycles. The van der Waals surface area contributed by atoms with E-state index in [1.807, 2.05) is 18.2 Å². The molecule has 1 heterocycles. The number of halogens is 1. The SMILES string of the molecule is COCCCNC(=O)c1coc(CN(CCCOC)C(=O)C(Cl)c2ccccc2)n1. The summed E-state index contributed by atoms with van der Waals surface area (Å²) in [6, 6.07) is 9.14. The van der Waals surface area contributed by atoms with Crippen LogP contribution >= 0.6 is 11.6 Å². The van der Waals surface area contributed by atoms with E-state index in [4.69, 9.17) is 25.5 Å². The van der Waals surface area contributed by atoms with Crippen molar-refractivity contribution in [2.24, 2.45) is 0 Å². The lowest BCUT2D eigenvalue weighted by atomic mass is 10.1. The first-order valence-electron chi connectivity index (χ1n) is 9.75. The quantitative estimate of drug-likeness (QED) is 0.382. The lowest BCUT2D eigenvalue weighted by Gasteiger charge is -2.23. The van der Waals surface area contributed by atoms with Gasteiger partial charge in [0.15, 0.2) is 5.69 Å². The van der Waals surface area contributed by atoms with Crippen LogP contribution in [0, 0.1) is 0 Å². The molecule has 2 rings (SSSR count). The number of hydrogen-bond acceptors (Lipinski definition) is 6. The lowest BCUT2D eigenvalue weighted by Crippen LogP contribution is -2.34. The van der Waals surface area contributed by atoms with Crippen LogP contribution in [0.1, 0.15) is 40.2 Å². The molecule has 30 heavy (non-hydrogen) atoms. The molecular weight excluding hydrogens is 410 g/mol. The molecule has 0 fully saturated rings. The third-order valence-corrected chi connectivity index (χ3v) is 4.76. The number of methoxy groups -OCH3 is 2. The van der Waals surface area contributed by atoms with Crippen LogP contribution in [0.5, 0.6) is 0 Å². The van der Waals surface area contributed by atoms with Crippen LogP contribution in [0.4, 0.5) is 0 Å². The molecule has 1 aromatic carbocycles. The third-order valence-electron chi connectivity index (χ3n) is 4.32. The standard InChI is InChI=1S/C21H28ClN3O5/c1-28-12-6-10-23-20(26)17-15-30-18(24-17)14-25(11-7-13-29-2)21(27)19(22)16-8-4-3-5-9-16/h3-5,8-9,15,19H,6-7,10-14H2,1-2H3,(H,23,26). The number of nitrogens with one attached hydrogen (secondary N) is 1. The maximum Gasteiger partial charge on any atom is 0.273 e. The van der Waals surface area contributed by atoms with E-state index in [-0.39, 0.29) is 29.9 Å². The minimum atomic E-state index is -0.827. The van der Waals surface area contributed by atoms with Gasteiger partial charge in [-0.2, -0.15) is 0 Å². The normalized spacial score (nSPS) is 11.8. The minimum absolute atomic E-state index is 0.107. The van der Waals surface area contributed by atoms with Crippen molar-refractivity contribution in [1.82, 2.24) is 15.2 Å². The summed E-state index contributed by atoms with van der Waals surface area (Å²) in [5.74, 6) is -0.333. The second kappa shape index (κ2) is 13.0. The first kappa shape index (κ1) is 23.9. The molecule has 2 aromatic rings. The molecule has 0 aliphatic rings. The monoisotopic (exact) mass is 437 g/mol. The van der Waals surface area contributed by atoms with Gasteiger partial charge in [-0.3, -0.25) is 9.59 Å². The fourth-order valence-corrected chi connectivity index (χ4v) is 3.04. The molecule has 0 saturated heterocycles. The number of hydrogen-bond donors (Lipinski definition) is 1. The highest BCUT2D eigenvalue weighted by Gasteiger charge is 2.25. The predicted octanol–water partition coefficient (Wildman–Crippen LogP) is 2.79. The van der Waals surface area contributed by atoms with E-state index in [2.05, 4.69) is 10.3 Å². The first-order valence-corrected chi connectivity index (χ1v) is 10.2. The molecule has 1 atom stereocenters. The average Bonchev–Trinajstić information content (AvgIpc) is 3.24. The minimum Gasteiger partial charge on any atom is -0.446 e. The molecule has 0 bridgehead atoms. The maximum absolute atomic E-state index is 13.0. The summed E-state index contributed by atoms with van der Waals surface area (Å²) in [6.07, 6.45) is 2.62. The van der Waals surface area contributed by atoms with Gasteiger partial charge in [0.2, 0.25) is 11.8 Å². The largest absolute Gasteiger partial charge is 0.446 e. The van der Waals surface area contributed by atoms with Gasteiger partial charge in [0.25, 0.3) is 5.91 Å². The first-order chi connectivity index (χ1) is 14.6. The maximum atomic E-state index is 13.0. The Kier molecular flexibility index (Phi) is 10.3. The van der Waals surface area contributed by atoms with Crippen LogP contribution in [-0.4, -0.2) is 62.2 Å². The van der Waals surface area contributed by atoms with Gasteiger partial charge in [-0.05, 0) is 18.4 Å². The molecule has 0 aliphatic carbocycles. The Balaban J connectivity index is 2.02. The predicted molar refractivity (Wildman–Crippen MR) is 112 cm³/mol. The molecular formula is C21H28ClN3O5. The molecule has 0 saturated carbocycles. The van der Waals surface area contributed by atoms with E-state index in [0.717, 1.165) is 0 Å². The van der Waals surface area contributed by atoms with Gasteiger partial charge in [0, 0.05) is 40.5 Å². The number of oxazole rings is 1. The summed E-state index contributed by atoms with van der Waals surface area (Å²) in [6.45, 7) is 2.06. The van der Waals surface area contributed by atoms with Crippen molar-refractivity contribution in [2.75, 3.05) is 40.5 Å². The molecule has 1 aromatic heterocycles. The summed E-state index contributed by atoms with van der Waals surface area (Å²) in [5.41, 5.74) is 0.877. The van der Waals surface area contributed by atoms with Gasteiger partial charge >= 0.3 is 0 Å².